The van der Waals surface area contributed by atoms with E-state index in [1.54, 1.807) is 0 Å². The molecule has 0 spiro atoms. The first-order valence-electron chi connectivity index (χ1n) is 15.1. The maximum atomic E-state index is 5.08. The smallest absolute Gasteiger partial charge is 0.202 e. The average molecular weight is 589 g/mol. The SMILES string of the molecule is c1ccc(-c2nc(-c3ccccc3)nc(-c3nc(-c4ccccc4)nc(-c4ccc5ccc6cccc7ccc4c5c67)n3)n2)cc1. The van der Waals surface area contributed by atoms with Crippen LogP contribution in [0.5, 0.6) is 0 Å². The van der Waals surface area contributed by atoms with E-state index >= 15 is 0 Å². The summed E-state index contributed by atoms with van der Waals surface area (Å²) in [5.74, 6) is 2.97. The maximum Gasteiger partial charge on any atom is 0.202 e. The van der Waals surface area contributed by atoms with Crippen LogP contribution in [0.25, 0.3) is 89.5 Å². The van der Waals surface area contributed by atoms with Crippen molar-refractivity contribution in [2.75, 3.05) is 0 Å². The van der Waals surface area contributed by atoms with Crippen molar-refractivity contribution in [1.82, 2.24) is 29.9 Å². The highest BCUT2D eigenvalue weighted by molar-refractivity contribution is 6.25. The lowest BCUT2D eigenvalue weighted by molar-refractivity contribution is 1.00. The minimum atomic E-state index is 0.381. The third-order valence-corrected chi connectivity index (χ3v) is 8.34. The van der Waals surface area contributed by atoms with Crippen LogP contribution in [0.15, 0.2) is 146 Å². The second-order valence-corrected chi connectivity index (χ2v) is 11.2. The molecule has 0 atom stereocenters. The summed E-state index contributed by atoms with van der Waals surface area (Å²) in [5.41, 5.74) is 3.57. The van der Waals surface area contributed by atoms with Gasteiger partial charge in [0.2, 0.25) is 11.6 Å². The molecule has 0 saturated carbocycles. The molecule has 0 saturated heterocycles. The van der Waals surface area contributed by atoms with Gasteiger partial charge in [-0.05, 0) is 38.4 Å². The van der Waals surface area contributed by atoms with Gasteiger partial charge >= 0.3 is 0 Å². The highest BCUT2D eigenvalue weighted by Crippen LogP contribution is 2.39. The molecule has 0 radical (unpaired) electrons. The first-order chi connectivity index (χ1) is 22.8. The van der Waals surface area contributed by atoms with Crippen molar-refractivity contribution in [2.45, 2.75) is 0 Å². The monoisotopic (exact) mass is 588 g/mol. The van der Waals surface area contributed by atoms with Gasteiger partial charge in [0.25, 0.3) is 0 Å². The lowest BCUT2D eigenvalue weighted by Crippen LogP contribution is -2.05. The fourth-order valence-electron chi connectivity index (χ4n) is 6.15. The zero-order valence-corrected chi connectivity index (χ0v) is 24.5. The second kappa shape index (κ2) is 10.6. The molecular formula is C40H24N6. The van der Waals surface area contributed by atoms with Gasteiger partial charge in [-0.2, -0.15) is 0 Å². The fourth-order valence-corrected chi connectivity index (χ4v) is 6.15. The zero-order chi connectivity index (χ0) is 30.5. The molecule has 0 aliphatic carbocycles. The van der Waals surface area contributed by atoms with E-state index in [4.69, 9.17) is 29.9 Å². The minimum Gasteiger partial charge on any atom is -0.208 e. The Kier molecular flexibility index (Phi) is 6.03. The summed E-state index contributed by atoms with van der Waals surface area (Å²) in [6.07, 6.45) is 0. The van der Waals surface area contributed by atoms with E-state index in [9.17, 15) is 0 Å². The molecule has 6 heteroatoms. The van der Waals surface area contributed by atoms with E-state index in [-0.39, 0.29) is 0 Å². The van der Waals surface area contributed by atoms with Gasteiger partial charge in [0.1, 0.15) is 0 Å². The summed E-state index contributed by atoms with van der Waals surface area (Å²) in [6, 6.07) is 49.2. The summed E-state index contributed by atoms with van der Waals surface area (Å²) in [7, 11) is 0. The van der Waals surface area contributed by atoms with Gasteiger partial charge in [0.05, 0.1) is 0 Å². The standard InChI is InChI=1S/C40H24N6/c1-4-11-28(12-5-1)35-41-36(29-13-6-2-7-14-29)44-39(43-35)40-45-37(30-15-8-3-9-16-30)42-38(46-40)32-24-22-27-20-19-25-17-10-18-26-21-23-31(32)34(27)33(25)26/h1-24H. The van der Waals surface area contributed by atoms with Gasteiger partial charge in [-0.15, -0.1) is 0 Å². The molecular weight excluding hydrogens is 564 g/mol. The Hall–Kier alpha value is -6.40. The summed E-state index contributed by atoms with van der Waals surface area (Å²) < 4.78 is 0. The van der Waals surface area contributed by atoms with Crippen LogP contribution in [0.3, 0.4) is 0 Å². The third kappa shape index (κ3) is 4.43. The normalized spacial score (nSPS) is 11.5. The van der Waals surface area contributed by atoms with Crippen molar-refractivity contribution in [1.29, 1.82) is 0 Å². The molecule has 0 fully saturated rings. The van der Waals surface area contributed by atoms with Crippen LogP contribution in [-0.4, -0.2) is 29.9 Å². The Balaban J connectivity index is 1.31. The molecule has 0 amide bonds. The largest absolute Gasteiger partial charge is 0.208 e. The van der Waals surface area contributed by atoms with Crippen LogP contribution >= 0.6 is 0 Å². The number of rotatable bonds is 5. The van der Waals surface area contributed by atoms with Crippen molar-refractivity contribution in [3.63, 3.8) is 0 Å². The summed E-state index contributed by atoms with van der Waals surface area (Å²) in [6.45, 7) is 0. The van der Waals surface area contributed by atoms with Gasteiger partial charge in [-0.1, -0.05) is 140 Å². The van der Waals surface area contributed by atoms with E-state index in [1.807, 2.05) is 91.0 Å². The van der Waals surface area contributed by atoms with E-state index < -0.39 is 0 Å². The Morgan fingerprint density at radius 3 is 1.17 bits per heavy atom. The molecule has 0 bridgehead atoms. The van der Waals surface area contributed by atoms with E-state index in [0.717, 1.165) is 27.6 Å². The summed E-state index contributed by atoms with van der Waals surface area (Å²) in [4.78, 5) is 29.8. The van der Waals surface area contributed by atoms with Crippen LogP contribution in [0.4, 0.5) is 0 Å². The number of hydrogen-bond acceptors (Lipinski definition) is 6. The van der Waals surface area contributed by atoms with Gasteiger partial charge in [-0.3, -0.25) is 0 Å². The first-order valence-corrected chi connectivity index (χ1v) is 15.1. The molecule has 0 aliphatic rings. The number of aromatic nitrogens is 6. The molecule has 9 aromatic rings. The van der Waals surface area contributed by atoms with Crippen molar-refractivity contribution >= 4 is 32.3 Å². The quantitative estimate of drug-likeness (QED) is 0.187. The van der Waals surface area contributed by atoms with Gasteiger partial charge in [0, 0.05) is 22.3 Å². The number of hydrogen-bond donors (Lipinski definition) is 0. The molecule has 7 aromatic carbocycles. The summed E-state index contributed by atoms with van der Waals surface area (Å²) >= 11 is 0. The fraction of sp³-hybridized carbons (Fsp3) is 0. The van der Waals surface area contributed by atoms with E-state index in [2.05, 4.69) is 54.6 Å². The van der Waals surface area contributed by atoms with Gasteiger partial charge in [0.15, 0.2) is 23.3 Å². The van der Waals surface area contributed by atoms with Gasteiger partial charge < -0.3 is 0 Å². The lowest BCUT2D eigenvalue weighted by Gasteiger charge is -2.14. The first kappa shape index (κ1) is 26.0. The highest BCUT2D eigenvalue weighted by Gasteiger charge is 2.20. The maximum absolute atomic E-state index is 5.08. The Morgan fingerprint density at radius 2 is 0.652 bits per heavy atom. The van der Waals surface area contributed by atoms with E-state index in [0.29, 0.717) is 34.9 Å². The molecule has 46 heavy (non-hydrogen) atoms. The average Bonchev–Trinajstić information content (AvgIpc) is 3.14. The van der Waals surface area contributed by atoms with Crippen LogP contribution in [0.2, 0.25) is 0 Å². The molecule has 2 aromatic heterocycles. The number of nitrogens with zero attached hydrogens (tertiary/aromatic N) is 6. The Morgan fingerprint density at radius 1 is 0.261 bits per heavy atom. The lowest BCUT2D eigenvalue weighted by atomic mass is 9.92. The predicted molar refractivity (Wildman–Crippen MR) is 184 cm³/mol. The van der Waals surface area contributed by atoms with Crippen LogP contribution in [-0.2, 0) is 0 Å². The van der Waals surface area contributed by atoms with Crippen LogP contribution < -0.4 is 0 Å². The van der Waals surface area contributed by atoms with Crippen molar-refractivity contribution in [3.8, 4) is 57.2 Å². The van der Waals surface area contributed by atoms with Gasteiger partial charge in [-0.25, -0.2) is 29.9 Å². The second-order valence-electron chi connectivity index (χ2n) is 11.2. The van der Waals surface area contributed by atoms with Crippen molar-refractivity contribution in [3.05, 3.63) is 146 Å². The predicted octanol–water partition coefficient (Wildman–Crippen LogP) is 9.29. The van der Waals surface area contributed by atoms with Crippen molar-refractivity contribution < 1.29 is 0 Å². The molecule has 2 heterocycles. The molecule has 0 aliphatic heterocycles. The van der Waals surface area contributed by atoms with Crippen molar-refractivity contribution in [2.24, 2.45) is 0 Å². The van der Waals surface area contributed by atoms with Crippen LogP contribution in [0.1, 0.15) is 0 Å². The molecule has 0 N–H and O–H groups in total. The molecule has 0 unspecified atom stereocenters. The Labute approximate surface area is 264 Å². The highest BCUT2D eigenvalue weighted by atomic mass is 15.1. The summed E-state index contributed by atoms with van der Waals surface area (Å²) in [5, 5.41) is 7.13. The minimum absolute atomic E-state index is 0.381. The van der Waals surface area contributed by atoms with E-state index in [1.165, 1.54) is 26.9 Å². The topological polar surface area (TPSA) is 77.3 Å². The Bertz CT molecular complexity index is 2440. The van der Waals surface area contributed by atoms with Crippen LogP contribution in [0, 0.1) is 0 Å². The molecule has 214 valence electrons. The molecule has 6 nitrogen and oxygen atoms in total. The number of benzene rings is 7. The third-order valence-electron chi connectivity index (χ3n) is 8.34. The zero-order valence-electron chi connectivity index (χ0n) is 24.5. The molecule has 9 rings (SSSR count).